The summed E-state index contributed by atoms with van der Waals surface area (Å²) in [6.07, 6.45) is 0.321. The molecule has 2 heterocycles. The van der Waals surface area contributed by atoms with Crippen LogP contribution in [-0.4, -0.2) is 27.7 Å². The van der Waals surface area contributed by atoms with Crippen LogP contribution in [0.15, 0.2) is 71.5 Å². The van der Waals surface area contributed by atoms with Crippen molar-refractivity contribution >= 4 is 16.9 Å². The van der Waals surface area contributed by atoms with Gasteiger partial charge in [0.1, 0.15) is 6.07 Å². The second-order valence-corrected chi connectivity index (χ2v) is 7.23. The molecule has 2 aromatic heterocycles. The Morgan fingerprint density at radius 1 is 1.09 bits per heavy atom. The summed E-state index contributed by atoms with van der Waals surface area (Å²) in [4.78, 5) is 29.6. The number of fused-ring (bicyclic) bond motifs is 1. The van der Waals surface area contributed by atoms with E-state index in [1.54, 1.807) is 0 Å². The lowest BCUT2D eigenvalue weighted by Crippen LogP contribution is -2.26. The molecule has 0 saturated heterocycles. The second kappa shape index (κ2) is 8.74. The molecular formula is C25H19N3O4. The normalized spacial score (nSPS) is 10.6. The van der Waals surface area contributed by atoms with E-state index >= 15 is 0 Å². The maximum absolute atomic E-state index is 13.5. The van der Waals surface area contributed by atoms with Crippen molar-refractivity contribution in [1.82, 2.24) is 9.55 Å². The summed E-state index contributed by atoms with van der Waals surface area (Å²) >= 11 is 0. The lowest BCUT2D eigenvalue weighted by atomic mass is 10.0. The fraction of sp³-hybridized carbons (Fsp3) is 0.120. The van der Waals surface area contributed by atoms with E-state index in [1.807, 2.05) is 66.7 Å². The smallest absolute Gasteiger partial charge is 0.360 e. The Bertz CT molecular complexity index is 1410. The molecule has 0 unspecified atom stereocenters. The van der Waals surface area contributed by atoms with Gasteiger partial charge in [-0.25, -0.2) is 9.78 Å². The molecule has 0 fully saturated rings. The molecule has 7 heteroatoms. The quantitative estimate of drug-likeness (QED) is 0.492. The number of benzene rings is 2. The van der Waals surface area contributed by atoms with Gasteiger partial charge in [0, 0.05) is 17.4 Å². The van der Waals surface area contributed by atoms with Crippen LogP contribution in [0.1, 0.15) is 32.9 Å². The number of carbonyl (C=O) groups is 1. The Morgan fingerprint density at radius 2 is 1.72 bits per heavy atom. The van der Waals surface area contributed by atoms with E-state index in [-0.39, 0.29) is 34.4 Å². The molecule has 0 spiro atoms. The Hall–Kier alpha value is -4.44. The summed E-state index contributed by atoms with van der Waals surface area (Å²) in [7, 11) is 1.16. The van der Waals surface area contributed by atoms with Crippen molar-refractivity contribution in [2.45, 2.75) is 13.0 Å². The third kappa shape index (κ3) is 3.82. The van der Waals surface area contributed by atoms with Crippen molar-refractivity contribution in [2.75, 3.05) is 7.11 Å². The Kier molecular flexibility index (Phi) is 5.69. The van der Waals surface area contributed by atoms with E-state index in [9.17, 15) is 20.0 Å². The average molecular weight is 425 g/mol. The first-order valence-corrected chi connectivity index (χ1v) is 9.89. The van der Waals surface area contributed by atoms with Crippen LogP contribution >= 0.6 is 0 Å². The van der Waals surface area contributed by atoms with Crippen LogP contribution in [0.3, 0.4) is 0 Å². The number of aromatic hydroxyl groups is 1. The fourth-order valence-electron chi connectivity index (χ4n) is 3.68. The average Bonchev–Trinajstić information content (AvgIpc) is 2.83. The zero-order chi connectivity index (χ0) is 22.7. The standard InChI is InChI=1S/C25H19N3O4/c1-32-25(31)21-23(29)19-13-18(12-16-8-4-2-5-9-16)24(30)28(22(19)20(14-26)27-21)15-17-10-6-3-7-11-17/h2-11,13,29H,12,15H2,1H3. The Labute approximate surface area is 183 Å². The van der Waals surface area contributed by atoms with Crippen LogP contribution in [-0.2, 0) is 17.7 Å². The minimum atomic E-state index is -0.869. The number of nitrogens with zero attached hydrogens (tertiary/aromatic N) is 3. The number of nitriles is 1. The third-order valence-electron chi connectivity index (χ3n) is 5.20. The van der Waals surface area contributed by atoms with Gasteiger partial charge in [0.25, 0.3) is 5.56 Å². The van der Waals surface area contributed by atoms with Gasteiger partial charge in [-0.15, -0.1) is 0 Å². The van der Waals surface area contributed by atoms with Crippen molar-refractivity contribution in [2.24, 2.45) is 0 Å². The molecule has 32 heavy (non-hydrogen) atoms. The van der Waals surface area contributed by atoms with Crippen LogP contribution in [0.4, 0.5) is 0 Å². The summed E-state index contributed by atoms with van der Waals surface area (Å²) in [5, 5.41) is 20.8. The molecule has 4 aromatic rings. The maximum Gasteiger partial charge on any atom is 0.360 e. The van der Waals surface area contributed by atoms with Gasteiger partial charge < -0.3 is 14.4 Å². The lowest BCUT2D eigenvalue weighted by molar-refractivity contribution is 0.0590. The highest BCUT2D eigenvalue weighted by Gasteiger charge is 2.24. The zero-order valence-electron chi connectivity index (χ0n) is 17.3. The minimum Gasteiger partial charge on any atom is -0.505 e. The highest BCUT2D eigenvalue weighted by Crippen LogP contribution is 2.30. The molecule has 0 aliphatic rings. The molecule has 0 aliphatic carbocycles. The van der Waals surface area contributed by atoms with Crippen LogP contribution in [0.2, 0.25) is 0 Å². The van der Waals surface area contributed by atoms with E-state index in [2.05, 4.69) is 4.98 Å². The molecule has 158 valence electrons. The molecule has 0 atom stereocenters. The highest BCUT2D eigenvalue weighted by atomic mass is 16.5. The van der Waals surface area contributed by atoms with Crippen molar-refractivity contribution < 1.29 is 14.6 Å². The largest absolute Gasteiger partial charge is 0.505 e. The molecule has 0 aliphatic heterocycles. The molecule has 4 rings (SSSR count). The van der Waals surface area contributed by atoms with Gasteiger partial charge in [-0.2, -0.15) is 5.26 Å². The number of hydrogen-bond acceptors (Lipinski definition) is 6. The molecule has 0 amide bonds. The predicted molar refractivity (Wildman–Crippen MR) is 119 cm³/mol. The van der Waals surface area contributed by atoms with E-state index in [1.165, 1.54) is 10.6 Å². The first-order valence-electron chi connectivity index (χ1n) is 9.89. The topological polar surface area (TPSA) is 105 Å². The van der Waals surface area contributed by atoms with Gasteiger partial charge in [-0.3, -0.25) is 4.79 Å². The summed E-state index contributed by atoms with van der Waals surface area (Å²) in [5.41, 5.74) is 1.54. The number of hydrogen-bond donors (Lipinski definition) is 1. The van der Waals surface area contributed by atoms with Crippen molar-refractivity contribution in [1.29, 1.82) is 5.26 Å². The lowest BCUT2D eigenvalue weighted by Gasteiger charge is -2.16. The maximum atomic E-state index is 13.5. The van der Waals surface area contributed by atoms with Crippen molar-refractivity contribution in [3.63, 3.8) is 0 Å². The number of esters is 1. The first-order chi connectivity index (χ1) is 15.5. The molecular weight excluding hydrogens is 406 g/mol. The fourth-order valence-corrected chi connectivity index (χ4v) is 3.68. The molecule has 0 saturated carbocycles. The number of carbonyl (C=O) groups excluding carboxylic acids is 1. The summed E-state index contributed by atoms with van der Waals surface area (Å²) < 4.78 is 6.13. The number of rotatable bonds is 5. The number of ether oxygens (including phenoxy) is 1. The summed E-state index contributed by atoms with van der Waals surface area (Å²) in [5.74, 6) is -1.30. The number of pyridine rings is 2. The first kappa shape index (κ1) is 20.8. The van der Waals surface area contributed by atoms with Crippen LogP contribution in [0, 0.1) is 11.3 Å². The SMILES string of the molecule is COC(=O)c1nc(C#N)c2c(cc(Cc3ccccc3)c(=O)n2Cc2ccccc2)c1O. The van der Waals surface area contributed by atoms with E-state index in [0.29, 0.717) is 12.0 Å². The van der Waals surface area contributed by atoms with Gasteiger partial charge in [-0.05, 0) is 17.2 Å². The van der Waals surface area contributed by atoms with E-state index in [4.69, 9.17) is 4.74 Å². The molecule has 0 radical (unpaired) electrons. The molecule has 2 aromatic carbocycles. The van der Waals surface area contributed by atoms with Gasteiger partial charge in [-0.1, -0.05) is 60.7 Å². The monoisotopic (exact) mass is 425 g/mol. The minimum absolute atomic E-state index is 0.141. The van der Waals surface area contributed by atoms with Gasteiger partial charge in [0.05, 0.1) is 19.2 Å². The van der Waals surface area contributed by atoms with Crippen molar-refractivity contribution in [3.8, 4) is 11.8 Å². The van der Waals surface area contributed by atoms with Crippen LogP contribution < -0.4 is 5.56 Å². The molecule has 1 N–H and O–H groups in total. The number of aromatic nitrogens is 2. The van der Waals surface area contributed by atoms with Gasteiger partial charge in [0.2, 0.25) is 0 Å². The Balaban J connectivity index is 2.04. The predicted octanol–water partition coefficient (Wildman–Crippen LogP) is 3.40. The third-order valence-corrected chi connectivity index (χ3v) is 5.20. The molecule has 0 bridgehead atoms. The van der Waals surface area contributed by atoms with Crippen LogP contribution in [0.25, 0.3) is 10.9 Å². The van der Waals surface area contributed by atoms with Crippen LogP contribution in [0.5, 0.6) is 5.75 Å². The van der Waals surface area contributed by atoms with E-state index < -0.39 is 11.7 Å². The summed E-state index contributed by atoms with van der Waals surface area (Å²) in [6, 6.07) is 22.2. The molecule has 7 nitrogen and oxygen atoms in total. The second-order valence-electron chi connectivity index (χ2n) is 7.23. The van der Waals surface area contributed by atoms with Gasteiger partial charge in [0.15, 0.2) is 17.1 Å². The highest BCUT2D eigenvalue weighted by molar-refractivity contribution is 5.99. The van der Waals surface area contributed by atoms with E-state index in [0.717, 1.165) is 18.2 Å². The van der Waals surface area contributed by atoms with Crippen molar-refractivity contribution in [3.05, 3.63) is 105 Å². The Morgan fingerprint density at radius 3 is 2.31 bits per heavy atom. The zero-order valence-corrected chi connectivity index (χ0v) is 17.3. The number of methoxy groups -OCH3 is 1. The summed E-state index contributed by atoms with van der Waals surface area (Å²) in [6.45, 7) is 0.173. The van der Waals surface area contributed by atoms with Gasteiger partial charge >= 0.3 is 5.97 Å².